The zero-order valence-electron chi connectivity index (χ0n) is 19.2. The van der Waals surface area contributed by atoms with Crippen molar-refractivity contribution >= 4 is 27.3 Å². The normalized spacial score (nSPS) is 13.6. The molecule has 0 spiro atoms. The Hall–Kier alpha value is -2.57. The molecule has 6 heteroatoms. The van der Waals surface area contributed by atoms with Crippen LogP contribution >= 0.6 is 11.3 Å². The summed E-state index contributed by atoms with van der Waals surface area (Å²) < 4.78 is 12.3. The third kappa shape index (κ3) is 4.76. The first-order chi connectivity index (χ1) is 15.6. The highest BCUT2D eigenvalue weighted by molar-refractivity contribution is 7.17. The van der Waals surface area contributed by atoms with E-state index in [-0.39, 0.29) is 5.91 Å². The zero-order valence-corrected chi connectivity index (χ0v) is 20.0. The van der Waals surface area contributed by atoms with Crippen LogP contribution in [0.2, 0.25) is 0 Å². The number of fused-ring (bicyclic) bond motifs is 2. The summed E-state index contributed by atoms with van der Waals surface area (Å²) in [7, 11) is 5.43. The molecule has 1 amide bonds. The number of nitrogens with zero attached hydrogens (tertiary/aromatic N) is 2. The molecule has 5 nitrogen and oxygen atoms in total. The minimum Gasteiger partial charge on any atom is -0.493 e. The molecule has 170 valence electrons. The van der Waals surface area contributed by atoms with Gasteiger partial charge in [-0.15, -0.1) is 11.3 Å². The van der Waals surface area contributed by atoms with Crippen LogP contribution in [-0.2, 0) is 12.8 Å². The molecule has 4 rings (SSSR count). The molecule has 1 aliphatic rings. The summed E-state index contributed by atoms with van der Waals surface area (Å²) in [6, 6.07) is 12.3. The van der Waals surface area contributed by atoms with Crippen LogP contribution in [0, 0.1) is 0 Å². The average molecular weight is 453 g/mol. The molecule has 0 saturated heterocycles. The van der Waals surface area contributed by atoms with Gasteiger partial charge >= 0.3 is 0 Å². The first kappa shape index (κ1) is 22.6. The third-order valence-corrected chi connectivity index (χ3v) is 7.33. The number of ether oxygens (including phenoxy) is 2. The predicted octanol–water partition coefficient (Wildman–Crippen LogP) is 4.87. The lowest BCUT2D eigenvalue weighted by molar-refractivity contribution is 0.0731. The molecule has 2 aromatic carbocycles. The first-order valence-corrected chi connectivity index (χ1v) is 12.2. The Labute approximate surface area is 194 Å². The Morgan fingerprint density at radius 2 is 1.88 bits per heavy atom. The lowest BCUT2D eigenvalue weighted by atomic mass is 9.97. The first-order valence-electron chi connectivity index (χ1n) is 11.3. The number of carbonyl (C=O) groups is 1. The Kier molecular flexibility index (Phi) is 7.33. The van der Waals surface area contributed by atoms with Crippen LogP contribution < -0.4 is 9.47 Å². The van der Waals surface area contributed by atoms with Crippen LogP contribution in [0.25, 0.3) is 10.1 Å². The van der Waals surface area contributed by atoms with E-state index in [1.165, 1.54) is 15.6 Å². The van der Waals surface area contributed by atoms with Crippen LogP contribution in [-0.4, -0.2) is 63.2 Å². The van der Waals surface area contributed by atoms with Gasteiger partial charge in [0.1, 0.15) is 0 Å². The molecule has 0 saturated carbocycles. The summed E-state index contributed by atoms with van der Waals surface area (Å²) in [6.07, 6.45) is 4.04. The zero-order chi connectivity index (χ0) is 22.5. The van der Waals surface area contributed by atoms with Crippen LogP contribution in [0.1, 0.15) is 34.3 Å². The van der Waals surface area contributed by atoms with Gasteiger partial charge in [-0.1, -0.05) is 18.2 Å². The lowest BCUT2D eigenvalue weighted by Crippen LogP contribution is -2.39. The molecule has 0 radical (unpaired) electrons. The number of thiophene rings is 1. The standard InChI is InChI=1S/C26H32N2O3S/c1-27(14-6-8-19-18-32-24-10-5-4-9-20(19)24)15-7-16-28-17-13-21-22(26(28)29)11-12-23(30-2)25(21)31-3/h4-5,9-12,18H,6-8,13-17H2,1-3H3. The van der Waals surface area contributed by atoms with Gasteiger partial charge in [0, 0.05) is 28.9 Å². The fraction of sp³-hybridized carbons (Fsp3) is 0.423. The molecule has 1 aromatic heterocycles. The highest BCUT2D eigenvalue weighted by Gasteiger charge is 2.28. The van der Waals surface area contributed by atoms with E-state index in [0.717, 1.165) is 63.0 Å². The van der Waals surface area contributed by atoms with Crippen LogP contribution in [0.15, 0.2) is 41.8 Å². The van der Waals surface area contributed by atoms with Crippen LogP contribution in [0.4, 0.5) is 0 Å². The molecule has 0 N–H and O–H groups in total. The maximum atomic E-state index is 13.0. The molecule has 1 aliphatic heterocycles. The predicted molar refractivity (Wildman–Crippen MR) is 131 cm³/mol. The smallest absolute Gasteiger partial charge is 0.254 e. The fourth-order valence-electron chi connectivity index (χ4n) is 4.58. The van der Waals surface area contributed by atoms with Gasteiger partial charge in [-0.25, -0.2) is 0 Å². The van der Waals surface area contributed by atoms with E-state index >= 15 is 0 Å². The number of carbonyl (C=O) groups excluding carboxylic acids is 1. The second-order valence-electron chi connectivity index (χ2n) is 8.39. The van der Waals surface area contributed by atoms with Crippen molar-refractivity contribution in [3.63, 3.8) is 0 Å². The number of benzene rings is 2. The molecule has 0 atom stereocenters. The largest absolute Gasteiger partial charge is 0.493 e. The number of methoxy groups -OCH3 is 2. The van der Waals surface area contributed by atoms with Crippen molar-refractivity contribution in [3.05, 3.63) is 58.5 Å². The van der Waals surface area contributed by atoms with E-state index in [1.807, 2.05) is 28.4 Å². The van der Waals surface area contributed by atoms with E-state index in [4.69, 9.17) is 9.47 Å². The second kappa shape index (κ2) is 10.4. The number of amides is 1. The van der Waals surface area contributed by atoms with E-state index in [9.17, 15) is 4.79 Å². The van der Waals surface area contributed by atoms with Crippen molar-refractivity contribution in [2.45, 2.75) is 25.7 Å². The minimum atomic E-state index is 0.0965. The lowest BCUT2D eigenvalue weighted by Gasteiger charge is -2.30. The average Bonchev–Trinajstić information content (AvgIpc) is 3.23. The number of hydrogen-bond donors (Lipinski definition) is 0. The van der Waals surface area contributed by atoms with Gasteiger partial charge in [0.05, 0.1) is 14.2 Å². The Bertz CT molecular complexity index is 1080. The number of rotatable bonds is 10. The van der Waals surface area contributed by atoms with Crippen molar-refractivity contribution < 1.29 is 14.3 Å². The summed E-state index contributed by atoms with van der Waals surface area (Å²) in [6.45, 7) is 3.57. The third-order valence-electron chi connectivity index (χ3n) is 6.31. The van der Waals surface area contributed by atoms with Gasteiger partial charge < -0.3 is 19.3 Å². The topological polar surface area (TPSA) is 42.0 Å². The molecular weight excluding hydrogens is 420 g/mol. The molecule has 0 unspecified atom stereocenters. The van der Waals surface area contributed by atoms with Gasteiger partial charge in [0.25, 0.3) is 5.91 Å². The van der Waals surface area contributed by atoms with E-state index < -0.39 is 0 Å². The van der Waals surface area contributed by atoms with Crippen molar-refractivity contribution in [2.24, 2.45) is 0 Å². The molecule has 0 bridgehead atoms. The highest BCUT2D eigenvalue weighted by atomic mass is 32.1. The Balaban J connectivity index is 1.23. The summed E-state index contributed by atoms with van der Waals surface area (Å²) >= 11 is 1.84. The van der Waals surface area contributed by atoms with Crippen molar-refractivity contribution in [1.82, 2.24) is 9.80 Å². The summed E-state index contributed by atoms with van der Waals surface area (Å²) in [5, 5.41) is 3.70. The van der Waals surface area contributed by atoms with Crippen molar-refractivity contribution in [2.75, 3.05) is 47.4 Å². The Morgan fingerprint density at radius 3 is 2.69 bits per heavy atom. The number of hydrogen-bond acceptors (Lipinski definition) is 5. The van der Waals surface area contributed by atoms with Crippen molar-refractivity contribution in [3.8, 4) is 11.5 Å². The van der Waals surface area contributed by atoms with E-state index in [0.29, 0.717) is 11.5 Å². The van der Waals surface area contributed by atoms with Gasteiger partial charge in [0.15, 0.2) is 11.5 Å². The molecular formula is C26H32N2O3S. The second-order valence-corrected chi connectivity index (χ2v) is 9.30. The van der Waals surface area contributed by atoms with Crippen LogP contribution in [0.5, 0.6) is 11.5 Å². The van der Waals surface area contributed by atoms with E-state index in [2.05, 4.69) is 41.6 Å². The van der Waals surface area contributed by atoms with E-state index in [1.54, 1.807) is 14.2 Å². The maximum absolute atomic E-state index is 13.0. The van der Waals surface area contributed by atoms with Gasteiger partial charge in [-0.05, 0) is 80.3 Å². The molecule has 0 fully saturated rings. The van der Waals surface area contributed by atoms with Crippen molar-refractivity contribution in [1.29, 1.82) is 0 Å². The minimum absolute atomic E-state index is 0.0965. The maximum Gasteiger partial charge on any atom is 0.254 e. The molecule has 2 heterocycles. The molecule has 0 aliphatic carbocycles. The van der Waals surface area contributed by atoms with Gasteiger partial charge in [-0.3, -0.25) is 4.79 Å². The highest BCUT2D eigenvalue weighted by Crippen LogP contribution is 2.36. The quantitative estimate of drug-likeness (QED) is 0.440. The fourth-order valence-corrected chi connectivity index (χ4v) is 5.58. The Morgan fingerprint density at radius 1 is 1.06 bits per heavy atom. The SMILES string of the molecule is COc1ccc2c(c1OC)CCN(CCCN(C)CCCc1csc3ccccc13)C2=O. The summed E-state index contributed by atoms with van der Waals surface area (Å²) in [4.78, 5) is 17.3. The molecule has 3 aromatic rings. The molecule has 32 heavy (non-hydrogen) atoms. The number of aryl methyl sites for hydroxylation is 1. The van der Waals surface area contributed by atoms with Crippen LogP contribution in [0.3, 0.4) is 0 Å². The summed E-state index contributed by atoms with van der Waals surface area (Å²) in [5.41, 5.74) is 3.17. The van der Waals surface area contributed by atoms with Gasteiger partial charge in [0.2, 0.25) is 0 Å². The van der Waals surface area contributed by atoms with Gasteiger partial charge in [-0.2, -0.15) is 0 Å². The monoisotopic (exact) mass is 452 g/mol. The summed E-state index contributed by atoms with van der Waals surface area (Å²) in [5.74, 6) is 1.47.